The van der Waals surface area contributed by atoms with Crippen molar-refractivity contribution in [3.05, 3.63) is 0 Å². The van der Waals surface area contributed by atoms with Crippen LogP contribution in [0.15, 0.2) is 0 Å². The Morgan fingerprint density at radius 2 is 1.13 bits per heavy atom. The molecular formula is C10H26O4S. The predicted octanol–water partition coefficient (Wildman–Crippen LogP) is 2.48. The summed E-state index contributed by atoms with van der Waals surface area (Å²) >= 11 is 0. The molecule has 0 rings (SSSR count). The highest BCUT2D eigenvalue weighted by Crippen LogP contribution is 2.00. The smallest absolute Gasteiger partial charge is 0.261 e. The average molecular weight is 242 g/mol. The Morgan fingerprint density at radius 3 is 1.27 bits per heavy atom. The minimum atomic E-state index is -3.67. The molecule has 0 bridgehead atoms. The third kappa shape index (κ3) is 130. The molecule has 0 saturated heterocycles. The van der Waals surface area contributed by atoms with E-state index in [0.29, 0.717) is 6.26 Å². The first-order chi connectivity index (χ1) is 6.83. The molecule has 0 aliphatic rings. The summed E-state index contributed by atoms with van der Waals surface area (Å²) in [5.74, 6) is 0. The SMILES string of the molecule is CCCCCCC.CCO.CS(=O)(=O)O. The van der Waals surface area contributed by atoms with E-state index in [-0.39, 0.29) is 6.61 Å². The monoisotopic (exact) mass is 242 g/mol. The molecule has 0 unspecified atom stereocenters. The molecule has 15 heavy (non-hydrogen) atoms. The molecule has 0 aromatic carbocycles. The van der Waals surface area contributed by atoms with Crippen LogP contribution in [-0.4, -0.2) is 30.9 Å². The zero-order valence-electron chi connectivity index (χ0n) is 10.4. The van der Waals surface area contributed by atoms with E-state index in [4.69, 9.17) is 9.66 Å². The van der Waals surface area contributed by atoms with Gasteiger partial charge in [0.1, 0.15) is 0 Å². The van der Waals surface area contributed by atoms with Crippen molar-refractivity contribution in [2.75, 3.05) is 12.9 Å². The van der Waals surface area contributed by atoms with E-state index in [1.54, 1.807) is 6.92 Å². The van der Waals surface area contributed by atoms with Gasteiger partial charge in [-0.3, -0.25) is 4.55 Å². The average Bonchev–Trinajstić information content (AvgIpc) is 2.04. The van der Waals surface area contributed by atoms with Crippen LogP contribution in [-0.2, 0) is 10.1 Å². The van der Waals surface area contributed by atoms with Gasteiger partial charge in [-0.2, -0.15) is 8.42 Å². The lowest BCUT2D eigenvalue weighted by Crippen LogP contribution is -1.88. The number of aliphatic hydroxyl groups is 1. The lowest BCUT2D eigenvalue weighted by atomic mass is 10.2. The third-order valence-electron chi connectivity index (χ3n) is 1.21. The van der Waals surface area contributed by atoms with Crippen LogP contribution < -0.4 is 0 Å². The van der Waals surface area contributed by atoms with Crippen LogP contribution in [0.1, 0.15) is 52.9 Å². The maximum absolute atomic E-state index is 9.19. The van der Waals surface area contributed by atoms with E-state index >= 15 is 0 Å². The fourth-order valence-corrected chi connectivity index (χ4v) is 0.677. The lowest BCUT2D eigenvalue weighted by Gasteiger charge is -1.90. The van der Waals surface area contributed by atoms with Gasteiger partial charge < -0.3 is 5.11 Å². The van der Waals surface area contributed by atoms with Crippen molar-refractivity contribution in [1.29, 1.82) is 0 Å². The third-order valence-corrected chi connectivity index (χ3v) is 1.21. The fourth-order valence-electron chi connectivity index (χ4n) is 0.677. The number of hydrogen-bond acceptors (Lipinski definition) is 3. The summed E-state index contributed by atoms with van der Waals surface area (Å²) < 4.78 is 25.9. The molecule has 0 saturated carbocycles. The number of unbranched alkanes of at least 4 members (excludes halogenated alkanes) is 4. The molecule has 0 radical (unpaired) electrons. The van der Waals surface area contributed by atoms with Crippen molar-refractivity contribution in [3.8, 4) is 0 Å². The second-order valence-electron chi connectivity index (χ2n) is 3.11. The molecule has 2 N–H and O–H groups in total. The quantitative estimate of drug-likeness (QED) is 0.586. The first-order valence-electron chi connectivity index (χ1n) is 5.36. The highest BCUT2D eigenvalue weighted by Gasteiger charge is 1.81. The summed E-state index contributed by atoms with van der Waals surface area (Å²) in [5.41, 5.74) is 0. The minimum absolute atomic E-state index is 0.250. The molecule has 0 aromatic heterocycles. The molecule has 0 aliphatic carbocycles. The van der Waals surface area contributed by atoms with E-state index in [1.807, 2.05) is 0 Å². The number of aliphatic hydroxyl groups excluding tert-OH is 1. The van der Waals surface area contributed by atoms with Gasteiger partial charge in [-0.15, -0.1) is 0 Å². The largest absolute Gasteiger partial charge is 0.397 e. The normalized spacial score (nSPS) is 9.47. The molecule has 0 aliphatic heterocycles. The van der Waals surface area contributed by atoms with E-state index in [0.717, 1.165) is 0 Å². The molecular weight excluding hydrogens is 216 g/mol. The van der Waals surface area contributed by atoms with Gasteiger partial charge in [0, 0.05) is 6.61 Å². The predicted molar refractivity (Wildman–Crippen MR) is 64.7 cm³/mol. The molecule has 0 spiro atoms. The van der Waals surface area contributed by atoms with E-state index in [9.17, 15) is 8.42 Å². The van der Waals surface area contributed by atoms with E-state index < -0.39 is 10.1 Å². The minimum Gasteiger partial charge on any atom is -0.397 e. The summed E-state index contributed by atoms with van der Waals surface area (Å²) in [7, 11) is -3.67. The summed E-state index contributed by atoms with van der Waals surface area (Å²) in [6.07, 6.45) is 7.72. The van der Waals surface area contributed by atoms with Crippen LogP contribution >= 0.6 is 0 Å². The topological polar surface area (TPSA) is 74.6 Å². The molecule has 0 amide bonds. The number of hydrogen-bond donors (Lipinski definition) is 2. The Balaban J connectivity index is -0.000000158. The van der Waals surface area contributed by atoms with E-state index in [1.165, 1.54) is 32.1 Å². The Morgan fingerprint density at radius 1 is 0.933 bits per heavy atom. The van der Waals surface area contributed by atoms with Gasteiger partial charge in [0.15, 0.2) is 0 Å². The first kappa shape index (κ1) is 20.3. The summed E-state index contributed by atoms with van der Waals surface area (Å²) in [6, 6.07) is 0. The van der Waals surface area contributed by atoms with Gasteiger partial charge in [-0.1, -0.05) is 46.0 Å². The maximum atomic E-state index is 9.19. The zero-order chi connectivity index (χ0) is 12.7. The Bertz CT molecular complexity index is 164. The summed E-state index contributed by atoms with van der Waals surface area (Å²) in [5, 5.41) is 7.57. The fraction of sp³-hybridized carbons (Fsp3) is 1.00. The highest BCUT2D eigenvalue weighted by molar-refractivity contribution is 7.85. The molecule has 4 nitrogen and oxygen atoms in total. The molecule has 96 valence electrons. The van der Waals surface area contributed by atoms with E-state index in [2.05, 4.69) is 13.8 Å². The van der Waals surface area contributed by atoms with Gasteiger partial charge in [-0.25, -0.2) is 0 Å². The highest BCUT2D eigenvalue weighted by atomic mass is 32.2. The van der Waals surface area contributed by atoms with Crippen molar-refractivity contribution < 1.29 is 18.1 Å². The number of rotatable bonds is 4. The zero-order valence-corrected chi connectivity index (χ0v) is 11.2. The van der Waals surface area contributed by atoms with Gasteiger partial charge in [0.05, 0.1) is 6.26 Å². The van der Waals surface area contributed by atoms with Gasteiger partial charge in [0.2, 0.25) is 0 Å². The molecule has 0 aromatic rings. The second kappa shape index (κ2) is 16.3. The van der Waals surface area contributed by atoms with Gasteiger partial charge in [-0.05, 0) is 6.92 Å². The molecule has 0 fully saturated rings. The van der Waals surface area contributed by atoms with Crippen LogP contribution in [0.25, 0.3) is 0 Å². The molecule has 5 heteroatoms. The Kier molecular flexibility index (Phi) is 22.1. The van der Waals surface area contributed by atoms with Crippen LogP contribution in [0, 0.1) is 0 Å². The summed E-state index contributed by atoms with van der Waals surface area (Å²) in [6.45, 7) is 6.42. The van der Waals surface area contributed by atoms with Gasteiger partial charge >= 0.3 is 0 Å². The van der Waals surface area contributed by atoms with Crippen LogP contribution in [0.3, 0.4) is 0 Å². The van der Waals surface area contributed by atoms with Crippen LogP contribution in [0.2, 0.25) is 0 Å². The van der Waals surface area contributed by atoms with Crippen molar-refractivity contribution in [1.82, 2.24) is 0 Å². The molecule has 0 atom stereocenters. The molecule has 0 heterocycles. The lowest BCUT2D eigenvalue weighted by molar-refractivity contribution is 0.318. The van der Waals surface area contributed by atoms with Crippen molar-refractivity contribution in [2.45, 2.75) is 52.9 Å². The Hall–Kier alpha value is -0.130. The first-order valence-corrected chi connectivity index (χ1v) is 7.21. The maximum Gasteiger partial charge on any atom is 0.261 e. The second-order valence-corrected chi connectivity index (χ2v) is 4.58. The summed E-state index contributed by atoms with van der Waals surface area (Å²) in [4.78, 5) is 0. The Labute approximate surface area is 94.5 Å². The van der Waals surface area contributed by atoms with Gasteiger partial charge in [0.25, 0.3) is 10.1 Å². The van der Waals surface area contributed by atoms with Crippen molar-refractivity contribution in [2.24, 2.45) is 0 Å². The van der Waals surface area contributed by atoms with Crippen LogP contribution in [0.5, 0.6) is 0 Å². The van der Waals surface area contributed by atoms with Crippen LogP contribution in [0.4, 0.5) is 0 Å². The standard InChI is InChI=1S/C7H16.C2H6O.CH4O3S/c1-3-5-7-6-4-2;1-2-3;1-5(2,3)4/h3-7H2,1-2H3;3H,2H2,1H3;1H3,(H,2,3,4). The van der Waals surface area contributed by atoms with Crippen molar-refractivity contribution in [3.63, 3.8) is 0 Å². The van der Waals surface area contributed by atoms with Crippen molar-refractivity contribution >= 4 is 10.1 Å².